The molecule has 0 saturated carbocycles. The summed E-state index contributed by atoms with van der Waals surface area (Å²) in [6.07, 6.45) is 1.41. The quantitative estimate of drug-likeness (QED) is 0.753. The van der Waals surface area contributed by atoms with E-state index in [4.69, 9.17) is 5.73 Å². The van der Waals surface area contributed by atoms with Crippen molar-refractivity contribution in [2.75, 3.05) is 6.54 Å². The number of nitrogens with one attached hydrogen (secondary N) is 2. The van der Waals surface area contributed by atoms with E-state index in [0.29, 0.717) is 5.56 Å². The average Bonchev–Trinajstić information content (AvgIpc) is 2.87. The highest BCUT2D eigenvalue weighted by atomic mass is 19.1. The number of carbonyl (C=O) groups excluding carboxylic acids is 2. The van der Waals surface area contributed by atoms with Crippen LogP contribution in [-0.2, 0) is 4.79 Å². The molecule has 0 radical (unpaired) electrons. The Morgan fingerprint density at radius 1 is 1.30 bits per heavy atom. The van der Waals surface area contributed by atoms with E-state index >= 15 is 0 Å². The molecule has 104 valence electrons. The summed E-state index contributed by atoms with van der Waals surface area (Å²) in [5.74, 6) is -1.42. The number of nitrogens with two attached hydrogens (primary N) is 1. The number of hydrogen-bond donors (Lipinski definition) is 3. The molecule has 20 heavy (non-hydrogen) atoms. The van der Waals surface area contributed by atoms with Crippen LogP contribution in [0.15, 0.2) is 30.5 Å². The van der Waals surface area contributed by atoms with Crippen LogP contribution in [0.3, 0.4) is 0 Å². The van der Waals surface area contributed by atoms with E-state index in [1.807, 2.05) is 0 Å². The molecule has 6 nitrogen and oxygen atoms in total. The molecule has 2 rings (SSSR count). The average molecular weight is 276 g/mol. The lowest BCUT2D eigenvalue weighted by Crippen LogP contribution is -2.28. The Labute approximate surface area is 114 Å². The smallest absolute Gasteiger partial charge is 0.269 e. The van der Waals surface area contributed by atoms with Crippen LogP contribution < -0.4 is 11.1 Å². The topological polar surface area (TPSA) is 101 Å². The van der Waals surface area contributed by atoms with Crippen molar-refractivity contribution in [2.24, 2.45) is 5.73 Å². The molecule has 7 heteroatoms. The molecule has 0 bridgehead atoms. The van der Waals surface area contributed by atoms with Crippen LogP contribution >= 0.6 is 0 Å². The highest BCUT2D eigenvalue weighted by molar-refractivity contribution is 5.99. The van der Waals surface area contributed by atoms with E-state index in [1.54, 1.807) is 18.2 Å². The van der Waals surface area contributed by atoms with Gasteiger partial charge in [-0.2, -0.15) is 5.10 Å². The van der Waals surface area contributed by atoms with Crippen LogP contribution in [0.2, 0.25) is 0 Å². The second-order valence-corrected chi connectivity index (χ2v) is 4.11. The number of primary amides is 1. The van der Waals surface area contributed by atoms with Crippen LogP contribution in [-0.4, -0.2) is 28.6 Å². The van der Waals surface area contributed by atoms with Gasteiger partial charge in [0.15, 0.2) is 0 Å². The Balaban J connectivity index is 2.19. The van der Waals surface area contributed by atoms with Crippen molar-refractivity contribution in [1.82, 2.24) is 15.5 Å². The second kappa shape index (κ2) is 5.96. The van der Waals surface area contributed by atoms with E-state index in [-0.39, 0.29) is 24.2 Å². The molecule has 1 aromatic carbocycles. The van der Waals surface area contributed by atoms with Crippen LogP contribution in [0.1, 0.15) is 16.9 Å². The summed E-state index contributed by atoms with van der Waals surface area (Å²) in [7, 11) is 0. The lowest BCUT2D eigenvalue weighted by molar-refractivity contribution is -0.117. The zero-order valence-electron chi connectivity index (χ0n) is 10.5. The third kappa shape index (κ3) is 3.00. The number of carbonyl (C=O) groups is 2. The van der Waals surface area contributed by atoms with E-state index in [1.165, 1.54) is 12.3 Å². The molecule has 0 atom stereocenters. The Hall–Kier alpha value is -2.70. The number of amides is 2. The summed E-state index contributed by atoms with van der Waals surface area (Å²) in [6, 6.07) is 6.09. The number of nitrogens with zero attached hydrogens (tertiary/aromatic N) is 1. The van der Waals surface area contributed by atoms with E-state index < -0.39 is 17.6 Å². The van der Waals surface area contributed by atoms with Gasteiger partial charge in [-0.1, -0.05) is 18.2 Å². The molecule has 1 aromatic heterocycles. The molecule has 1 heterocycles. The minimum absolute atomic E-state index is 0.0366. The van der Waals surface area contributed by atoms with Crippen molar-refractivity contribution < 1.29 is 14.0 Å². The minimum atomic E-state index is -0.510. The molecular formula is C13H13FN4O2. The lowest BCUT2D eigenvalue weighted by Gasteiger charge is -2.05. The summed E-state index contributed by atoms with van der Waals surface area (Å²) in [5, 5.41) is 8.80. The van der Waals surface area contributed by atoms with Gasteiger partial charge >= 0.3 is 0 Å². The summed E-state index contributed by atoms with van der Waals surface area (Å²) >= 11 is 0. The Morgan fingerprint density at radius 2 is 2.05 bits per heavy atom. The van der Waals surface area contributed by atoms with Crippen molar-refractivity contribution in [1.29, 1.82) is 0 Å². The van der Waals surface area contributed by atoms with Gasteiger partial charge in [0, 0.05) is 24.1 Å². The molecule has 0 saturated heterocycles. The third-order valence-corrected chi connectivity index (χ3v) is 2.69. The Kier molecular flexibility index (Phi) is 4.09. The number of hydrogen-bond acceptors (Lipinski definition) is 3. The maximum absolute atomic E-state index is 13.7. The fourth-order valence-electron chi connectivity index (χ4n) is 1.73. The molecule has 2 amide bonds. The number of rotatable bonds is 5. The minimum Gasteiger partial charge on any atom is -0.370 e. The molecule has 0 aliphatic heterocycles. The number of H-pyrrole nitrogens is 1. The number of aromatic amines is 1. The molecular weight excluding hydrogens is 263 g/mol. The van der Waals surface area contributed by atoms with Gasteiger partial charge in [-0.15, -0.1) is 0 Å². The number of aromatic nitrogens is 2. The predicted molar refractivity (Wildman–Crippen MR) is 70.1 cm³/mol. The zero-order chi connectivity index (χ0) is 14.5. The number of halogens is 1. The maximum atomic E-state index is 13.7. The van der Waals surface area contributed by atoms with Gasteiger partial charge in [-0.05, 0) is 6.07 Å². The molecule has 0 unspecified atom stereocenters. The second-order valence-electron chi connectivity index (χ2n) is 4.11. The molecule has 0 fully saturated rings. The van der Waals surface area contributed by atoms with E-state index in [0.717, 1.165) is 0 Å². The first-order valence-corrected chi connectivity index (χ1v) is 5.94. The van der Waals surface area contributed by atoms with Gasteiger partial charge in [0.05, 0.1) is 6.20 Å². The maximum Gasteiger partial charge on any atom is 0.269 e. The van der Waals surface area contributed by atoms with Gasteiger partial charge in [0.1, 0.15) is 11.5 Å². The summed E-state index contributed by atoms with van der Waals surface area (Å²) in [5.41, 5.74) is 5.76. The van der Waals surface area contributed by atoms with Crippen molar-refractivity contribution in [3.63, 3.8) is 0 Å². The van der Waals surface area contributed by atoms with Gasteiger partial charge in [-0.3, -0.25) is 14.7 Å². The molecule has 0 aliphatic rings. The van der Waals surface area contributed by atoms with Gasteiger partial charge in [0.25, 0.3) is 5.91 Å². The SMILES string of the molecule is NC(=O)CCNC(=O)c1[nH]ncc1-c1ccccc1F. The van der Waals surface area contributed by atoms with Crippen molar-refractivity contribution in [3.05, 3.63) is 42.0 Å². The third-order valence-electron chi connectivity index (χ3n) is 2.69. The van der Waals surface area contributed by atoms with Crippen LogP contribution in [0.4, 0.5) is 4.39 Å². The van der Waals surface area contributed by atoms with Crippen molar-refractivity contribution in [2.45, 2.75) is 6.42 Å². The van der Waals surface area contributed by atoms with Gasteiger partial charge < -0.3 is 11.1 Å². The monoisotopic (exact) mass is 276 g/mol. The largest absolute Gasteiger partial charge is 0.370 e. The molecule has 0 spiro atoms. The van der Waals surface area contributed by atoms with Gasteiger partial charge in [-0.25, -0.2) is 4.39 Å². The first-order chi connectivity index (χ1) is 9.59. The summed E-state index contributed by atoms with van der Waals surface area (Å²) in [4.78, 5) is 22.5. The Bertz CT molecular complexity index is 639. The molecule has 4 N–H and O–H groups in total. The fraction of sp³-hybridized carbons (Fsp3) is 0.154. The normalized spacial score (nSPS) is 10.2. The first kappa shape index (κ1) is 13.7. The van der Waals surface area contributed by atoms with Crippen molar-refractivity contribution >= 4 is 11.8 Å². The van der Waals surface area contributed by atoms with Gasteiger partial charge in [0.2, 0.25) is 5.91 Å². The lowest BCUT2D eigenvalue weighted by atomic mass is 10.1. The summed E-state index contributed by atoms with van der Waals surface area (Å²) < 4.78 is 13.7. The summed E-state index contributed by atoms with van der Waals surface area (Å²) in [6.45, 7) is 0.115. The first-order valence-electron chi connectivity index (χ1n) is 5.94. The van der Waals surface area contributed by atoms with Crippen LogP contribution in [0.25, 0.3) is 11.1 Å². The fourth-order valence-corrected chi connectivity index (χ4v) is 1.73. The highest BCUT2D eigenvalue weighted by Gasteiger charge is 2.17. The standard InChI is InChI=1S/C13H13FN4O2/c14-10-4-2-1-3-8(10)9-7-17-18-12(9)13(20)16-6-5-11(15)19/h1-4,7H,5-6H2,(H2,15,19)(H,16,20)(H,17,18). The van der Waals surface area contributed by atoms with Crippen LogP contribution in [0, 0.1) is 5.82 Å². The number of benzene rings is 1. The highest BCUT2D eigenvalue weighted by Crippen LogP contribution is 2.24. The molecule has 2 aromatic rings. The zero-order valence-corrected chi connectivity index (χ0v) is 10.5. The van der Waals surface area contributed by atoms with E-state index in [9.17, 15) is 14.0 Å². The van der Waals surface area contributed by atoms with E-state index in [2.05, 4.69) is 15.5 Å². The molecule has 0 aliphatic carbocycles. The predicted octanol–water partition coefficient (Wildman–Crippen LogP) is 0.821. The van der Waals surface area contributed by atoms with Crippen LogP contribution in [0.5, 0.6) is 0 Å². The van der Waals surface area contributed by atoms with Crippen molar-refractivity contribution in [3.8, 4) is 11.1 Å². The Morgan fingerprint density at radius 3 is 2.75 bits per heavy atom.